The van der Waals surface area contributed by atoms with Crippen molar-refractivity contribution in [3.8, 4) is 0 Å². The Morgan fingerprint density at radius 2 is 1.75 bits per heavy atom. The van der Waals surface area contributed by atoms with E-state index in [0.29, 0.717) is 44.0 Å². The van der Waals surface area contributed by atoms with Gasteiger partial charge in [-0.3, -0.25) is 0 Å². The lowest BCUT2D eigenvalue weighted by Gasteiger charge is -2.27. The Hall–Kier alpha value is -2.03. The average Bonchev–Trinajstić information content (AvgIpc) is 2.92. The Kier molecular flexibility index (Phi) is 5.35. The third kappa shape index (κ3) is 3.76. The summed E-state index contributed by atoms with van der Waals surface area (Å²) in [6.45, 7) is 7.72. The molecule has 1 aromatic heterocycles. The molecular weight excluding hydrogens is 376 g/mol. The van der Waals surface area contributed by atoms with Crippen LogP contribution in [-0.4, -0.2) is 62.1 Å². The molecule has 7 nitrogen and oxygen atoms in total. The van der Waals surface area contributed by atoms with E-state index < -0.39 is 10.0 Å². The average molecular weight is 403 g/mol. The number of anilines is 1. The van der Waals surface area contributed by atoms with Gasteiger partial charge in [0.15, 0.2) is 0 Å². The van der Waals surface area contributed by atoms with E-state index in [1.807, 2.05) is 19.9 Å². The second-order valence-corrected chi connectivity index (χ2v) is 9.29. The van der Waals surface area contributed by atoms with Crippen LogP contribution in [0, 0.1) is 13.8 Å². The normalized spacial score (nSPS) is 18.6. The Balaban J connectivity index is 1.59. The van der Waals surface area contributed by atoms with E-state index in [4.69, 9.17) is 14.7 Å². The molecule has 0 atom stereocenters. The summed E-state index contributed by atoms with van der Waals surface area (Å²) in [5.41, 5.74) is 3.94. The fourth-order valence-corrected chi connectivity index (χ4v) is 5.37. The van der Waals surface area contributed by atoms with E-state index >= 15 is 0 Å². The zero-order chi connectivity index (χ0) is 19.7. The molecule has 3 heterocycles. The maximum Gasteiger partial charge on any atom is 0.243 e. The number of nitrogens with zero attached hydrogens (tertiary/aromatic N) is 4. The van der Waals surface area contributed by atoms with Crippen LogP contribution < -0.4 is 4.90 Å². The second-order valence-electron chi connectivity index (χ2n) is 7.35. The van der Waals surface area contributed by atoms with Crippen molar-refractivity contribution in [3.63, 3.8) is 0 Å². The molecule has 28 heavy (non-hydrogen) atoms. The zero-order valence-corrected chi connectivity index (χ0v) is 17.2. The number of ether oxygens (including phenoxy) is 1. The van der Waals surface area contributed by atoms with Gasteiger partial charge in [0.05, 0.1) is 23.8 Å². The minimum atomic E-state index is -3.51. The van der Waals surface area contributed by atoms with Gasteiger partial charge in [-0.05, 0) is 43.5 Å². The summed E-state index contributed by atoms with van der Waals surface area (Å²) >= 11 is 0. The predicted octanol–water partition coefficient (Wildman–Crippen LogP) is 1.72. The number of fused-ring (bicyclic) bond motifs is 1. The molecule has 0 N–H and O–H groups in total. The number of morpholine rings is 1. The molecule has 0 saturated carbocycles. The molecule has 4 rings (SSSR count). The SMILES string of the molecule is Cc1cccc(S(=O)(=O)N2CCc3nc(N4CCOCC4)nc(C)c3CC2)c1. The van der Waals surface area contributed by atoms with Crippen LogP contribution >= 0.6 is 0 Å². The second kappa shape index (κ2) is 7.77. The number of benzene rings is 1. The van der Waals surface area contributed by atoms with Crippen LogP contribution in [-0.2, 0) is 27.6 Å². The van der Waals surface area contributed by atoms with E-state index in [0.717, 1.165) is 41.6 Å². The van der Waals surface area contributed by atoms with Crippen molar-refractivity contribution in [3.05, 3.63) is 46.8 Å². The van der Waals surface area contributed by atoms with Crippen LogP contribution in [0.25, 0.3) is 0 Å². The van der Waals surface area contributed by atoms with Crippen LogP contribution in [0.1, 0.15) is 22.5 Å². The van der Waals surface area contributed by atoms with Gasteiger partial charge in [0, 0.05) is 38.3 Å². The molecule has 2 aliphatic heterocycles. The maximum atomic E-state index is 13.1. The minimum absolute atomic E-state index is 0.357. The molecule has 8 heteroatoms. The van der Waals surface area contributed by atoms with Gasteiger partial charge in [0.25, 0.3) is 0 Å². The van der Waals surface area contributed by atoms with Gasteiger partial charge in [-0.2, -0.15) is 4.31 Å². The summed E-state index contributed by atoms with van der Waals surface area (Å²) in [6, 6.07) is 7.10. The molecule has 0 bridgehead atoms. The number of aryl methyl sites for hydroxylation is 2. The first-order chi connectivity index (χ1) is 13.4. The first-order valence-corrected chi connectivity index (χ1v) is 11.1. The van der Waals surface area contributed by atoms with Crippen molar-refractivity contribution >= 4 is 16.0 Å². The number of hydrogen-bond acceptors (Lipinski definition) is 6. The molecule has 1 fully saturated rings. The maximum absolute atomic E-state index is 13.1. The molecule has 0 radical (unpaired) electrons. The zero-order valence-electron chi connectivity index (χ0n) is 16.4. The third-order valence-electron chi connectivity index (χ3n) is 5.42. The molecule has 1 aromatic carbocycles. The van der Waals surface area contributed by atoms with Crippen molar-refractivity contribution in [2.75, 3.05) is 44.3 Å². The van der Waals surface area contributed by atoms with Crippen molar-refractivity contribution in [2.45, 2.75) is 31.6 Å². The third-order valence-corrected chi connectivity index (χ3v) is 7.31. The van der Waals surface area contributed by atoms with Gasteiger partial charge in [-0.25, -0.2) is 18.4 Å². The van der Waals surface area contributed by atoms with Crippen LogP contribution in [0.2, 0.25) is 0 Å². The van der Waals surface area contributed by atoms with Gasteiger partial charge in [0.1, 0.15) is 0 Å². The number of aromatic nitrogens is 2. The molecular formula is C20H26N4O3S. The first-order valence-electron chi connectivity index (χ1n) is 9.71. The van der Waals surface area contributed by atoms with Gasteiger partial charge >= 0.3 is 0 Å². The van der Waals surface area contributed by atoms with Crippen molar-refractivity contribution < 1.29 is 13.2 Å². The highest BCUT2D eigenvalue weighted by Crippen LogP contribution is 2.24. The molecule has 0 amide bonds. The van der Waals surface area contributed by atoms with Gasteiger partial charge in [-0.15, -0.1) is 0 Å². The standard InChI is InChI=1S/C20H26N4O3S/c1-15-4-3-5-17(14-15)28(25,26)24-8-6-18-16(2)21-20(22-19(18)7-9-24)23-10-12-27-13-11-23/h3-5,14H,6-13H2,1-2H3. The lowest BCUT2D eigenvalue weighted by molar-refractivity contribution is 0.122. The summed E-state index contributed by atoms with van der Waals surface area (Å²) < 4.78 is 33.2. The highest BCUT2D eigenvalue weighted by Gasteiger charge is 2.28. The Bertz CT molecular complexity index is 971. The van der Waals surface area contributed by atoms with Gasteiger partial charge in [-0.1, -0.05) is 12.1 Å². The summed E-state index contributed by atoms with van der Waals surface area (Å²) in [7, 11) is -3.51. The molecule has 1 saturated heterocycles. The summed E-state index contributed by atoms with van der Waals surface area (Å²) in [5, 5.41) is 0. The summed E-state index contributed by atoms with van der Waals surface area (Å²) in [6.07, 6.45) is 1.23. The summed E-state index contributed by atoms with van der Waals surface area (Å²) in [4.78, 5) is 12.0. The topological polar surface area (TPSA) is 75.6 Å². The lowest BCUT2D eigenvalue weighted by Crippen LogP contribution is -2.37. The largest absolute Gasteiger partial charge is 0.378 e. The van der Waals surface area contributed by atoms with E-state index in [1.165, 1.54) is 0 Å². The first kappa shape index (κ1) is 19.3. The van der Waals surface area contributed by atoms with E-state index in [9.17, 15) is 8.42 Å². The molecule has 0 aliphatic carbocycles. The van der Waals surface area contributed by atoms with Crippen molar-refractivity contribution in [2.24, 2.45) is 0 Å². The molecule has 2 aromatic rings. The molecule has 150 valence electrons. The van der Waals surface area contributed by atoms with E-state index in [1.54, 1.807) is 22.5 Å². The van der Waals surface area contributed by atoms with Gasteiger partial charge in [0.2, 0.25) is 16.0 Å². The Morgan fingerprint density at radius 1 is 1.00 bits per heavy atom. The van der Waals surface area contributed by atoms with Crippen LogP contribution in [0.5, 0.6) is 0 Å². The predicted molar refractivity (Wildman–Crippen MR) is 107 cm³/mol. The highest BCUT2D eigenvalue weighted by molar-refractivity contribution is 7.89. The quantitative estimate of drug-likeness (QED) is 0.778. The monoisotopic (exact) mass is 402 g/mol. The fraction of sp³-hybridized carbons (Fsp3) is 0.500. The van der Waals surface area contributed by atoms with Crippen molar-refractivity contribution in [1.82, 2.24) is 14.3 Å². The number of hydrogen-bond donors (Lipinski definition) is 0. The molecule has 0 spiro atoms. The molecule has 2 aliphatic rings. The van der Waals surface area contributed by atoms with E-state index in [-0.39, 0.29) is 0 Å². The highest BCUT2D eigenvalue weighted by atomic mass is 32.2. The van der Waals surface area contributed by atoms with E-state index in [2.05, 4.69) is 4.90 Å². The Labute approximate surface area is 166 Å². The number of rotatable bonds is 3. The van der Waals surface area contributed by atoms with Crippen molar-refractivity contribution in [1.29, 1.82) is 0 Å². The molecule has 0 unspecified atom stereocenters. The Morgan fingerprint density at radius 3 is 2.50 bits per heavy atom. The number of sulfonamides is 1. The van der Waals surface area contributed by atoms with Crippen LogP contribution in [0.4, 0.5) is 5.95 Å². The fourth-order valence-electron chi connectivity index (χ4n) is 3.82. The minimum Gasteiger partial charge on any atom is -0.378 e. The van der Waals surface area contributed by atoms with Crippen LogP contribution in [0.3, 0.4) is 0 Å². The smallest absolute Gasteiger partial charge is 0.243 e. The summed E-state index contributed by atoms with van der Waals surface area (Å²) in [5.74, 6) is 0.731. The lowest BCUT2D eigenvalue weighted by atomic mass is 10.1. The van der Waals surface area contributed by atoms with Crippen LogP contribution in [0.15, 0.2) is 29.2 Å². The van der Waals surface area contributed by atoms with Gasteiger partial charge < -0.3 is 9.64 Å².